The van der Waals surface area contributed by atoms with E-state index in [1.807, 2.05) is 0 Å². The summed E-state index contributed by atoms with van der Waals surface area (Å²) in [5, 5.41) is 0. The average molecular weight is 211 g/mol. The molecule has 1 fully saturated rings. The predicted molar refractivity (Wildman–Crippen MR) is 60.8 cm³/mol. The van der Waals surface area contributed by atoms with Crippen LogP contribution in [-0.4, -0.2) is 42.7 Å². The summed E-state index contributed by atoms with van der Waals surface area (Å²) in [6.07, 6.45) is 2.67. The summed E-state index contributed by atoms with van der Waals surface area (Å²) in [5.74, 6) is 1.31. The first-order valence-corrected chi connectivity index (χ1v) is 5.86. The first kappa shape index (κ1) is 10.7. The van der Waals surface area contributed by atoms with E-state index in [9.17, 15) is 0 Å². The molecule has 86 valence electrons. The molecule has 4 nitrogen and oxygen atoms in total. The summed E-state index contributed by atoms with van der Waals surface area (Å²) in [5.41, 5.74) is 5.91. The zero-order chi connectivity index (χ0) is 10.8. The molecule has 0 spiro atoms. The van der Waals surface area contributed by atoms with Gasteiger partial charge in [-0.1, -0.05) is 13.8 Å². The third-order valence-corrected chi connectivity index (χ3v) is 3.09. The SMILES string of the molecule is CC(C)CN1C(N)=NCC1C1CCCO1. The molecule has 2 unspecified atom stereocenters. The van der Waals surface area contributed by atoms with E-state index in [1.165, 1.54) is 6.42 Å². The van der Waals surface area contributed by atoms with Crippen molar-refractivity contribution in [3.63, 3.8) is 0 Å². The molecule has 2 N–H and O–H groups in total. The number of hydrogen-bond acceptors (Lipinski definition) is 4. The molecule has 0 bridgehead atoms. The first-order valence-electron chi connectivity index (χ1n) is 5.86. The van der Waals surface area contributed by atoms with Crippen LogP contribution < -0.4 is 5.73 Å². The van der Waals surface area contributed by atoms with Crippen molar-refractivity contribution in [2.75, 3.05) is 19.7 Å². The molecule has 2 rings (SSSR count). The van der Waals surface area contributed by atoms with Gasteiger partial charge in [-0.05, 0) is 18.8 Å². The zero-order valence-electron chi connectivity index (χ0n) is 9.65. The molecule has 2 aliphatic rings. The van der Waals surface area contributed by atoms with Crippen LogP contribution in [0.4, 0.5) is 0 Å². The fraction of sp³-hybridized carbons (Fsp3) is 0.909. The van der Waals surface area contributed by atoms with E-state index in [-0.39, 0.29) is 0 Å². The topological polar surface area (TPSA) is 50.8 Å². The number of nitrogens with zero attached hydrogens (tertiary/aromatic N) is 2. The van der Waals surface area contributed by atoms with E-state index >= 15 is 0 Å². The molecule has 0 radical (unpaired) electrons. The molecule has 0 aromatic rings. The van der Waals surface area contributed by atoms with Crippen molar-refractivity contribution in [2.24, 2.45) is 16.6 Å². The smallest absolute Gasteiger partial charge is 0.191 e. The Bertz CT molecular complexity index is 246. The highest BCUT2D eigenvalue weighted by Gasteiger charge is 2.35. The van der Waals surface area contributed by atoms with Gasteiger partial charge in [0.15, 0.2) is 5.96 Å². The average Bonchev–Trinajstić information content (AvgIpc) is 2.76. The summed E-state index contributed by atoms with van der Waals surface area (Å²) in [6, 6.07) is 0.384. The van der Waals surface area contributed by atoms with Gasteiger partial charge < -0.3 is 15.4 Å². The Kier molecular flexibility index (Phi) is 3.14. The second-order valence-electron chi connectivity index (χ2n) is 4.86. The van der Waals surface area contributed by atoms with Gasteiger partial charge in [-0.15, -0.1) is 0 Å². The van der Waals surface area contributed by atoms with E-state index in [4.69, 9.17) is 10.5 Å². The normalized spacial score (nSPS) is 31.4. The molecule has 0 aliphatic carbocycles. The van der Waals surface area contributed by atoms with Crippen molar-refractivity contribution in [1.82, 2.24) is 4.90 Å². The fourth-order valence-corrected chi connectivity index (χ4v) is 2.39. The summed E-state index contributed by atoms with van der Waals surface area (Å²) >= 11 is 0. The van der Waals surface area contributed by atoms with Crippen LogP contribution in [0.2, 0.25) is 0 Å². The Labute approximate surface area is 91.5 Å². The minimum Gasteiger partial charge on any atom is -0.376 e. The molecule has 2 aliphatic heterocycles. The zero-order valence-corrected chi connectivity index (χ0v) is 9.65. The largest absolute Gasteiger partial charge is 0.376 e. The second-order valence-corrected chi connectivity index (χ2v) is 4.86. The van der Waals surface area contributed by atoms with Crippen LogP contribution in [0.3, 0.4) is 0 Å². The van der Waals surface area contributed by atoms with Crippen molar-refractivity contribution in [3.8, 4) is 0 Å². The maximum Gasteiger partial charge on any atom is 0.191 e. The van der Waals surface area contributed by atoms with Gasteiger partial charge in [-0.25, -0.2) is 0 Å². The fourth-order valence-electron chi connectivity index (χ4n) is 2.39. The Morgan fingerprint density at radius 3 is 3.00 bits per heavy atom. The molecule has 0 aromatic heterocycles. The van der Waals surface area contributed by atoms with Crippen molar-refractivity contribution in [1.29, 1.82) is 0 Å². The number of hydrogen-bond donors (Lipinski definition) is 1. The van der Waals surface area contributed by atoms with Gasteiger partial charge in [0.2, 0.25) is 0 Å². The molecule has 1 saturated heterocycles. The Hall–Kier alpha value is -0.770. The molecule has 0 aromatic carbocycles. The van der Waals surface area contributed by atoms with Crippen molar-refractivity contribution >= 4 is 5.96 Å². The molecular weight excluding hydrogens is 190 g/mol. The highest BCUT2D eigenvalue weighted by atomic mass is 16.5. The lowest BCUT2D eigenvalue weighted by Crippen LogP contribution is -2.48. The standard InChI is InChI=1S/C11H21N3O/c1-8(2)7-14-9(6-13-11(14)12)10-4-3-5-15-10/h8-10H,3-7H2,1-2H3,(H2,12,13). The summed E-state index contributed by atoms with van der Waals surface area (Å²) in [4.78, 5) is 6.56. The summed E-state index contributed by atoms with van der Waals surface area (Å²) in [7, 11) is 0. The van der Waals surface area contributed by atoms with E-state index in [0.29, 0.717) is 24.0 Å². The molecule has 15 heavy (non-hydrogen) atoms. The highest BCUT2D eigenvalue weighted by molar-refractivity contribution is 5.80. The van der Waals surface area contributed by atoms with Gasteiger partial charge in [0.05, 0.1) is 18.7 Å². The van der Waals surface area contributed by atoms with E-state index in [2.05, 4.69) is 23.7 Å². The van der Waals surface area contributed by atoms with Gasteiger partial charge in [-0.2, -0.15) is 0 Å². The number of ether oxygens (including phenoxy) is 1. The maximum absolute atomic E-state index is 5.91. The number of aliphatic imine (C=N–C) groups is 1. The summed E-state index contributed by atoms with van der Waals surface area (Å²) in [6.45, 7) is 7.11. The van der Waals surface area contributed by atoms with Gasteiger partial charge in [0.1, 0.15) is 0 Å². The van der Waals surface area contributed by atoms with E-state index < -0.39 is 0 Å². The Balaban J connectivity index is 1.99. The lowest BCUT2D eigenvalue weighted by Gasteiger charge is -2.31. The van der Waals surface area contributed by atoms with Crippen molar-refractivity contribution in [2.45, 2.75) is 38.8 Å². The van der Waals surface area contributed by atoms with Crippen molar-refractivity contribution in [3.05, 3.63) is 0 Å². The van der Waals surface area contributed by atoms with Crippen LogP contribution in [0.15, 0.2) is 4.99 Å². The third-order valence-electron chi connectivity index (χ3n) is 3.09. The lowest BCUT2D eigenvalue weighted by molar-refractivity contribution is 0.0546. The molecule has 2 atom stereocenters. The van der Waals surface area contributed by atoms with Gasteiger partial charge in [0.25, 0.3) is 0 Å². The molecule has 2 heterocycles. The van der Waals surface area contributed by atoms with Crippen molar-refractivity contribution < 1.29 is 4.74 Å². The molecule has 4 heteroatoms. The maximum atomic E-state index is 5.91. The minimum atomic E-state index is 0.341. The highest BCUT2D eigenvalue weighted by Crippen LogP contribution is 2.23. The van der Waals surface area contributed by atoms with Gasteiger partial charge >= 0.3 is 0 Å². The first-order chi connectivity index (χ1) is 7.18. The Morgan fingerprint density at radius 1 is 1.60 bits per heavy atom. The van der Waals surface area contributed by atoms with E-state index in [0.717, 1.165) is 26.1 Å². The minimum absolute atomic E-state index is 0.341. The number of guanidine groups is 1. The Morgan fingerprint density at radius 2 is 2.40 bits per heavy atom. The molecule has 0 amide bonds. The lowest BCUT2D eigenvalue weighted by atomic mass is 10.1. The quantitative estimate of drug-likeness (QED) is 0.752. The third kappa shape index (κ3) is 2.25. The molecular formula is C11H21N3O. The van der Waals surface area contributed by atoms with E-state index in [1.54, 1.807) is 0 Å². The van der Waals surface area contributed by atoms with Crippen LogP contribution in [0.5, 0.6) is 0 Å². The monoisotopic (exact) mass is 211 g/mol. The summed E-state index contributed by atoms with van der Waals surface area (Å²) < 4.78 is 5.73. The van der Waals surface area contributed by atoms with Gasteiger partial charge in [-0.3, -0.25) is 4.99 Å². The second kappa shape index (κ2) is 4.39. The van der Waals surface area contributed by atoms with Gasteiger partial charge in [0, 0.05) is 13.2 Å². The van der Waals surface area contributed by atoms with Crippen LogP contribution in [0, 0.1) is 5.92 Å². The van der Waals surface area contributed by atoms with Crippen LogP contribution >= 0.6 is 0 Å². The number of nitrogens with two attached hydrogens (primary N) is 1. The predicted octanol–water partition coefficient (Wildman–Crippen LogP) is 0.820. The van der Waals surface area contributed by atoms with Crippen LogP contribution in [0.1, 0.15) is 26.7 Å². The number of rotatable bonds is 3. The van der Waals surface area contributed by atoms with Crippen LogP contribution in [0.25, 0.3) is 0 Å². The molecule has 0 saturated carbocycles. The van der Waals surface area contributed by atoms with Crippen LogP contribution in [-0.2, 0) is 4.74 Å².